The predicted octanol–water partition coefficient (Wildman–Crippen LogP) is 16.1. The predicted molar refractivity (Wildman–Crippen MR) is 270 cm³/mol. The molecule has 0 spiro atoms. The average molecular weight is 798 g/mol. The van der Waals surface area contributed by atoms with Crippen molar-refractivity contribution in [2.24, 2.45) is 0 Å². The van der Waals surface area contributed by atoms with Crippen molar-refractivity contribution in [2.45, 2.75) is 0 Å². The van der Waals surface area contributed by atoms with E-state index in [4.69, 9.17) is 10.5 Å². The van der Waals surface area contributed by atoms with E-state index < -0.39 is 0 Å². The summed E-state index contributed by atoms with van der Waals surface area (Å²) in [4.78, 5) is 0. The summed E-state index contributed by atoms with van der Waals surface area (Å²) in [5.41, 5.74) is 20.0. The molecule has 0 radical (unpaired) electrons. The number of rotatable bonds is 14. The molecule has 2 nitrogen and oxygen atoms in total. The van der Waals surface area contributed by atoms with Gasteiger partial charge in [0.15, 0.2) is 0 Å². The molecule has 0 bridgehead atoms. The molecule has 8 aromatic carbocycles. The molecular formula is C60H47NO. The van der Waals surface area contributed by atoms with Gasteiger partial charge in [-0.1, -0.05) is 261 Å². The standard InChI is InChI=1S/C60H47NO/c61-58-45-60(57(43-36-51-29-17-6-18-30-51)54(40-33-48-23-11-3-12-24-48)55(58)41-34-49-25-13-4-14-26-49)62-59-44-38-52(37-31-46-19-7-1-8-20-46)53(39-32-47-21-9-2-10-22-47)56(59)42-35-50-27-15-5-16-28-50/h1-45H,61H2. The maximum absolute atomic E-state index is 7.22. The lowest BCUT2D eigenvalue weighted by molar-refractivity contribution is 0.480. The third-order valence-electron chi connectivity index (χ3n) is 10.4. The van der Waals surface area contributed by atoms with Crippen molar-refractivity contribution in [1.82, 2.24) is 0 Å². The quantitative estimate of drug-likeness (QED) is 0.0879. The van der Waals surface area contributed by atoms with Crippen molar-refractivity contribution in [3.8, 4) is 11.5 Å². The van der Waals surface area contributed by atoms with Gasteiger partial charge in [-0.2, -0.15) is 0 Å². The average Bonchev–Trinajstić information content (AvgIpc) is 3.33. The Kier molecular flexibility index (Phi) is 13.5. The Morgan fingerprint density at radius 3 is 0.952 bits per heavy atom. The summed E-state index contributed by atoms with van der Waals surface area (Å²) < 4.78 is 7.22. The molecule has 0 heterocycles. The molecule has 62 heavy (non-hydrogen) atoms. The zero-order valence-corrected chi connectivity index (χ0v) is 34.5. The van der Waals surface area contributed by atoms with Crippen molar-refractivity contribution in [3.05, 3.63) is 267 Å². The molecule has 0 fully saturated rings. The number of hydrogen-bond donors (Lipinski definition) is 1. The van der Waals surface area contributed by atoms with E-state index >= 15 is 0 Å². The number of nitrogen functional groups attached to an aromatic ring is 1. The Morgan fingerprint density at radius 2 is 0.565 bits per heavy atom. The highest BCUT2D eigenvalue weighted by atomic mass is 16.5. The van der Waals surface area contributed by atoms with Crippen LogP contribution in [0.4, 0.5) is 5.69 Å². The van der Waals surface area contributed by atoms with Gasteiger partial charge in [-0.25, -0.2) is 0 Å². The van der Waals surface area contributed by atoms with E-state index in [9.17, 15) is 0 Å². The van der Waals surface area contributed by atoms with Crippen LogP contribution in [-0.2, 0) is 0 Å². The third-order valence-corrected chi connectivity index (χ3v) is 10.4. The lowest BCUT2D eigenvalue weighted by Gasteiger charge is -2.19. The second-order valence-electron chi connectivity index (χ2n) is 14.8. The van der Waals surface area contributed by atoms with Gasteiger partial charge < -0.3 is 10.5 Å². The van der Waals surface area contributed by atoms with Gasteiger partial charge in [-0.05, 0) is 56.1 Å². The first-order valence-electron chi connectivity index (χ1n) is 20.9. The van der Waals surface area contributed by atoms with Crippen LogP contribution in [-0.4, -0.2) is 0 Å². The van der Waals surface area contributed by atoms with Crippen LogP contribution in [0.3, 0.4) is 0 Å². The highest BCUT2D eigenvalue weighted by Crippen LogP contribution is 2.40. The minimum Gasteiger partial charge on any atom is -0.456 e. The highest BCUT2D eigenvalue weighted by molar-refractivity contribution is 5.93. The third kappa shape index (κ3) is 10.9. The van der Waals surface area contributed by atoms with E-state index in [1.54, 1.807) is 0 Å². The highest BCUT2D eigenvalue weighted by Gasteiger charge is 2.18. The minimum absolute atomic E-state index is 0.602. The first-order chi connectivity index (χ1) is 30.7. The van der Waals surface area contributed by atoms with E-state index in [-0.39, 0.29) is 0 Å². The molecule has 8 aromatic rings. The van der Waals surface area contributed by atoms with Gasteiger partial charge in [-0.3, -0.25) is 0 Å². The van der Waals surface area contributed by atoms with Gasteiger partial charge in [0.1, 0.15) is 11.5 Å². The second kappa shape index (κ2) is 20.7. The van der Waals surface area contributed by atoms with Crippen molar-refractivity contribution in [2.75, 3.05) is 5.73 Å². The van der Waals surface area contributed by atoms with E-state index in [1.807, 2.05) is 78.9 Å². The molecule has 0 aromatic heterocycles. The SMILES string of the molecule is Nc1cc(Oc2ccc(C=Cc3ccccc3)c(C=Cc3ccccc3)c2C=Cc2ccccc2)c(C=Cc2ccccc2)c(C=Cc2ccccc2)c1C=Cc1ccccc1. The normalized spacial score (nSPS) is 11.9. The van der Waals surface area contributed by atoms with E-state index in [0.29, 0.717) is 17.2 Å². The molecule has 0 aliphatic rings. The van der Waals surface area contributed by atoms with Gasteiger partial charge in [0.25, 0.3) is 0 Å². The van der Waals surface area contributed by atoms with Crippen LogP contribution in [0.1, 0.15) is 66.8 Å². The Bertz CT molecular complexity index is 2870. The first-order valence-corrected chi connectivity index (χ1v) is 20.9. The van der Waals surface area contributed by atoms with Crippen molar-refractivity contribution in [1.29, 1.82) is 0 Å². The summed E-state index contributed by atoms with van der Waals surface area (Å²) in [5, 5.41) is 0. The van der Waals surface area contributed by atoms with Crippen molar-refractivity contribution in [3.63, 3.8) is 0 Å². The van der Waals surface area contributed by atoms with Crippen LogP contribution >= 0.6 is 0 Å². The molecule has 8 rings (SSSR count). The van der Waals surface area contributed by atoms with Crippen molar-refractivity contribution >= 4 is 78.6 Å². The molecule has 298 valence electrons. The molecule has 2 N–H and O–H groups in total. The zero-order valence-electron chi connectivity index (χ0n) is 34.5. The zero-order chi connectivity index (χ0) is 42.2. The van der Waals surface area contributed by atoms with Gasteiger partial charge in [0.2, 0.25) is 0 Å². The number of ether oxygens (including phenoxy) is 1. The van der Waals surface area contributed by atoms with E-state index in [2.05, 4.69) is 194 Å². The van der Waals surface area contributed by atoms with Crippen LogP contribution < -0.4 is 10.5 Å². The monoisotopic (exact) mass is 797 g/mol. The number of nitrogens with two attached hydrogens (primary N) is 1. The minimum atomic E-state index is 0.602. The lowest BCUT2D eigenvalue weighted by atomic mass is 9.94. The number of hydrogen-bond acceptors (Lipinski definition) is 2. The smallest absolute Gasteiger partial charge is 0.137 e. The molecular weight excluding hydrogens is 751 g/mol. The summed E-state index contributed by atoms with van der Waals surface area (Å²) in [6, 6.07) is 68.2. The van der Waals surface area contributed by atoms with Crippen LogP contribution in [0.2, 0.25) is 0 Å². The van der Waals surface area contributed by atoms with Crippen molar-refractivity contribution < 1.29 is 4.74 Å². The van der Waals surface area contributed by atoms with Gasteiger partial charge in [0.05, 0.1) is 0 Å². The summed E-state index contributed by atoms with van der Waals surface area (Å²) in [7, 11) is 0. The molecule has 2 heteroatoms. The summed E-state index contributed by atoms with van der Waals surface area (Å²) in [6.07, 6.45) is 25.7. The fourth-order valence-corrected chi connectivity index (χ4v) is 7.16. The van der Waals surface area contributed by atoms with Crippen LogP contribution in [0.25, 0.3) is 72.9 Å². The maximum atomic E-state index is 7.22. The second-order valence-corrected chi connectivity index (χ2v) is 14.8. The number of anilines is 1. The molecule has 0 unspecified atom stereocenters. The Labute approximate surface area is 366 Å². The van der Waals surface area contributed by atoms with Gasteiger partial charge in [0, 0.05) is 28.4 Å². The van der Waals surface area contributed by atoms with E-state index in [1.165, 1.54) is 0 Å². The molecule has 0 aliphatic carbocycles. The van der Waals surface area contributed by atoms with Crippen LogP contribution in [0.15, 0.2) is 200 Å². The summed E-state index contributed by atoms with van der Waals surface area (Å²) in [6.45, 7) is 0. The van der Waals surface area contributed by atoms with Gasteiger partial charge >= 0.3 is 0 Å². The molecule has 0 saturated carbocycles. The fourth-order valence-electron chi connectivity index (χ4n) is 7.16. The topological polar surface area (TPSA) is 35.2 Å². The largest absolute Gasteiger partial charge is 0.456 e. The van der Waals surface area contributed by atoms with E-state index in [0.717, 1.165) is 66.8 Å². The maximum Gasteiger partial charge on any atom is 0.137 e. The Morgan fingerprint density at radius 1 is 0.258 bits per heavy atom. The number of benzene rings is 8. The Hall–Kier alpha value is -8.20. The van der Waals surface area contributed by atoms with Crippen LogP contribution in [0.5, 0.6) is 11.5 Å². The fraction of sp³-hybridized carbons (Fsp3) is 0. The molecule has 0 aliphatic heterocycles. The summed E-state index contributed by atoms with van der Waals surface area (Å²) >= 11 is 0. The van der Waals surface area contributed by atoms with Gasteiger partial charge in [-0.15, -0.1) is 0 Å². The lowest BCUT2D eigenvalue weighted by Crippen LogP contribution is -2.01. The molecule has 0 atom stereocenters. The Balaban J connectivity index is 1.34. The van der Waals surface area contributed by atoms with Crippen LogP contribution in [0, 0.1) is 0 Å². The molecule has 0 amide bonds. The summed E-state index contributed by atoms with van der Waals surface area (Å²) in [5.74, 6) is 1.33. The first kappa shape index (κ1) is 40.6. The molecule has 0 saturated heterocycles.